The number of esters is 1. The highest BCUT2D eigenvalue weighted by molar-refractivity contribution is 7.89. The molecule has 1 atom stereocenters. The van der Waals surface area contributed by atoms with Crippen molar-refractivity contribution < 1.29 is 22.7 Å². The van der Waals surface area contributed by atoms with Crippen LogP contribution in [0.25, 0.3) is 0 Å². The molecule has 174 valence electrons. The molecule has 0 spiro atoms. The molecule has 1 aliphatic carbocycles. The van der Waals surface area contributed by atoms with Crippen molar-refractivity contribution in [1.82, 2.24) is 14.5 Å². The SMILES string of the molecule is CCOC(=O)Cn1ncc2c1CCC[C@H]2NS(=O)(=O)c1ccc(Oc2ccccc2Cl)cc1. The number of nitrogens with zero attached hydrogens (tertiary/aromatic N) is 2. The van der Waals surface area contributed by atoms with E-state index < -0.39 is 16.1 Å². The van der Waals surface area contributed by atoms with Gasteiger partial charge >= 0.3 is 5.97 Å². The van der Waals surface area contributed by atoms with Gasteiger partial charge in [-0.25, -0.2) is 13.1 Å². The van der Waals surface area contributed by atoms with Crippen LogP contribution in [0.3, 0.4) is 0 Å². The average molecular weight is 490 g/mol. The molecule has 33 heavy (non-hydrogen) atoms. The van der Waals surface area contributed by atoms with E-state index in [1.165, 1.54) is 12.1 Å². The van der Waals surface area contributed by atoms with Crippen molar-refractivity contribution >= 4 is 27.6 Å². The molecule has 4 rings (SSSR count). The average Bonchev–Trinajstić information content (AvgIpc) is 3.19. The normalized spacial score (nSPS) is 15.6. The van der Waals surface area contributed by atoms with Gasteiger partial charge in [-0.1, -0.05) is 23.7 Å². The lowest BCUT2D eigenvalue weighted by Gasteiger charge is -2.24. The Bertz CT molecular complexity index is 1240. The lowest BCUT2D eigenvalue weighted by atomic mass is 9.94. The van der Waals surface area contributed by atoms with Crippen LogP contribution < -0.4 is 9.46 Å². The fourth-order valence-corrected chi connectivity index (χ4v) is 5.23. The number of fused-ring (bicyclic) bond motifs is 1. The minimum absolute atomic E-state index is 0.00946. The summed E-state index contributed by atoms with van der Waals surface area (Å²) in [5.41, 5.74) is 1.64. The summed E-state index contributed by atoms with van der Waals surface area (Å²) < 4.78 is 41.2. The van der Waals surface area contributed by atoms with Gasteiger partial charge in [-0.05, 0) is 62.6 Å². The van der Waals surface area contributed by atoms with E-state index in [1.54, 1.807) is 54.2 Å². The summed E-state index contributed by atoms with van der Waals surface area (Å²) >= 11 is 6.11. The minimum Gasteiger partial charge on any atom is -0.465 e. The molecule has 0 amide bonds. The Labute approximate surface area is 197 Å². The minimum atomic E-state index is -3.78. The number of hydrogen-bond donors (Lipinski definition) is 1. The number of rotatable bonds is 8. The third kappa shape index (κ3) is 5.38. The fourth-order valence-electron chi connectivity index (χ4n) is 3.80. The van der Waals surface area contributed by atoms with Crippen LogP contribution in [0, 0.1) is 0 Å². The molecular weight excluding hydrogens is 466 g/mol. The molecule has 0 unspecified atom stereocenters. The number of aromatic nitrogens is 2. The molecular formula is C23H24ClN3O5S. The van der Waals surface area contributed by atoms with E-state index >= 15 is 0 Å². The molecule has 0 saturated carbocycles. The van der Waals surface area contributed by atoms with Gasteiger partial charge in [0.05, 0.1) is 28.8 Å². The quantitative estimate of drug-likeness (QED) is 0.475. The van der Waals surface area contributed by atoms with E-state index in [1.807, 2.05) is 0 Å². The van der Waals surface area contributed by atoms with E-state index in [-0.39, 0.29) is 17.4 Å². The number of ether oxygens (including phenoxy) is 2. The zero-order chi connectivity index (χ0) is 23.4. The van der Waals surface area contributed by atoms with Crippen LogP contribution in [-0.2, 0) is 32.5 Å². The standard InChI is InChI=1S/C23H24ClN3O5S/c1-2-31-23(28)15-27-21-8-5-7-20(18(21)14-25-27)26-33(29,30)17-12-10-16(11-13-17)32-22-9-4-3-6-19(22)24/h3-4,6,9-14,20,26H,2,5,7-8,15H2,1H3/t20-/m1/s1. The van der Waals surface area contributed by atoms with Crippen molar-refractivity contribution in [3.05, 3.63) is 71.0 Å². The van der Waals surface area contributed by atoms with Gasteiger partial charge in [-0.15, -0.1) is 0 Å². The molecule has 1 N–H and O–H groups in total. The second kappa shape index (κ2) is 9.94. The Hall–Kier alpha value is -2.88. The summed E-state index contributed by atoms with van der Waals surface area (Å²) in [4.78, 5) is 12.0. The molecule has 0 aliphatic heterocycles. The van der Waals surface area contributed by atoms with Crippen molar-refractivity contribution in [3.63, 3.8) is 0 Å². The van der Waals surface area contributed by atoms with Crippen LogP contribution in [0.1, 0.15) is 37.1 Å². The van der Waals surface area contributed by atoms with E-state index in [0.29, 0.717) is 29.5 Å². The largest absolute Gasteiger partial charge is 0.465 e. The Balaban J connectivity index is 1.48. The fraction of sp³-hybridized carbons (Fsp3) is 0.304. The van der Waals surface area contributed by atoms with Gasteiger partial charge in [0.1, 0.15) is 18.0 Å². The number of para-hydroxylation sites is 1. The molecule has 10 heteroatoms. The number of hydrogen-bond acceptors (Lipinski definition) is 6. The third-order valence-corrected chi connectivity index (χ3v) is 7.14. The number of carbonyl (C=O) groups excluding carboxylic acids is 1. The number of nitrogens with one attached hydrogen (secondary N) is 1. The molecule has 1 aromatic heterocycles. The zero-order valence-corrected chi connectivity index (χ0v) is 19.6. The zero-order valence-electron chi connectivity index (χ0n) is 18.0. The highest BCUT2D eigenvalue weighted by Gasteiger charge is 2.29. The van der Waals surface area contributed by atoms with Gasteiger partial charge in [0.25, 0.3) is 0 Å². The summed E-state index contributed by atoms with van der Waals surface area (Å²) in [5, 5.41) is 4.75. The molecule has 0 saturated heterocycles. The van der Waals surface area contributed by atoms with E-state index in [4.69, 9.17) is 21.1 Å². The van der Waals surface area contributed by atoms with E-state index in [0.717, 1.165) is 24.1 Å². The van der Waals surface area contributed by atoms with Crippen LogP contribution in [0.4, 0.5) is 0 Å². The van der Waals surface area contributed by atoms with E-state index in [9.17, 15) is 13.2 Å². The van der Waals surface area contributed by atoms with Gasteiger partial charge < -0.3 is 9.47 Å². The van der Waals surface area contributed by atoms with Crippen molar-refractivity contribution in [1.29, 1.82) is 0 Å². The Kier molecular flexibility index (Phi) is 7.02. The summed E-state index contributed by atoms with van der Waals surface area (Å²) in [6.45, 7) is 2.05. The number of benzene rings is 2. The first-order valence-corrected chi connectivity index (χ1v) is 12.5. The molecule has 1 aliphatic rings. The maximum Gasteiger partial charge on any atom is 0.327 e. The summed E-state index contributed by atoms with van der Waals surface area (Å²) in [5.74, 6) is 0.593. The number of halogens is 1. The Morgan fingerprint density at radius 1 is 1.21 bits per heavy atom. The summed E-state index contributed by atoms with van der Waals surface area (Å²) in [6.07, 6.45) is 3.77. The highest BCUT2D eigenvalue weighted by Crippen LogP contribution is 2.32. The maximum absolute atomic E-state index is 13.0. The monoisotopic (exact) mass is 489 g/mol. The van der Waals surface area contributed by atoms with Gasteiger partial charge in [0.2, 0.25) is 10.0 Å². The van der Waals surface area contributed by atoms with Crippen LogP contribution >= 0.6 is 11.6 Å². The van der Waals surface area contributed by atoms with Gasteiger partial charge in [-0.2, -0.15) is 5.10 Å². The van der Waals surface area contributed by atoms with E-state index in [2.05, 4.69) is 9.82 Å². The van der Waals surface area contributed by atoms with Crippen molar-refractivity contribution in [2.24, 2.45) is 0 Å². The van der Waals surface area contributed by atoms with Gasteiger partial charge in [-0.3, -0.25) is 9.48 Å². The topological polar surface area (TPSA) is 99.5 Å². The molecule has 0 bridgehead atoms. The second-order valence-electron chi connectivity index (χ2n) is 7.58. The lowest BCUT2D eigenvalue weighted by Crippen LogP contribution is -2.31. The smallest absolute Gasteiger partial charge is 0.327 e. The van der Waals surface area contributed by atoms with Crippen molar-refractivity contribution in [2.45, 2.75) is 43.7 Å². The lowest BCUT2D eigenvalue weighted by molar-refractivity contribution is -0.144. The number of sulfonamides is 1. The summed E-state index contributed by atoms with van der Waals surface area (Å²) in [7, 11) is -3.78. The second-order valence-corrected chi connectivity index (χ2v) is 9.70. The van der Waals surface area contributed by atoms with Crippen LogP contribution in [0.15, 0.2) is 59.6 Å². The van der Waals surface area contributed by atoms with Crippen LogP contribution in [0.5, 0.6) is 11.5 Å². The summed E-state index contributed by atoms with van der Waals surface area (Å²) in [6, 6.07) is 12.8. The first-order valence-electron chi connectivity index (χ1n) is 10.6. The van der Waals surface area contributed by atoms with Crippen LogP contribution in [-0.4, -0.2) is 30.8 Å². The molecule has 0 fully saturated rings. The predicted molar refractivity (Wildman–Crippen MR) is 123 cm³/mol. The first kappa shape index (κ1) is 23.3. The molecule has 1 heterocycles. The third-order valence-electron chi connectivity index (χ3n) is 5.34. The molecule has 2 aromatic carbocycles. The predicted octanol–water partition coefficient (Wildman–Crippen LogP) is 4.25. The Morgan fingerprint density at radius 3 is 2.70 bits per heavy atom. The van der Waals surface area contributed by atoms with Crippen molar-refractivity contribution in [3.8, 4) is 11.5 Å². The molecule has 8 nitrogen and oxygen atoms in total. The molecule has 0 radical (unpaired) electrons. The highest BCUT2D eigenvalue weighted by atomic mass is 35.5. The maximum atomic E-state index is 13.0. The Morgan fingerprint density at radius 2 is 1.97 bits per heavy atom. The van der Waals surface area contributed by atoms with Crippen LogP contribution in [0.2, 0.25) is 5.02 Å². The number of carbonyl (C=O) groups is 1. The first-order chi connectivity index (χ1) is 15.9. The van der Waals surface area contributed by atoms with Gasteiger partial charge in [0, 0.05) is 11.3 Å². The molecule has 3 aromatic rings. The van der Waals surface area contributed by atoms with Gasteiger partial charge in [0.15, 0.2) is 0 Å². The van der Waals surface area contributed by atoms with Crippen molar-refractivity contribution in [2.75, 3.05) is 6.61 Å².